The van der Waals surface area contributed by atoms with Crippen molar-refractivity contribution < 1.29 is 0 Å². The lowest BCUT2D eigenvalue weighted by Crippen LogP contribution is -2.33. The summed E-state index contributed by atoms with van der Waals surface area (Å²) in [4.78, 5) is 2.29. The lowest BCUT2D eigenvalue weighted by molar-refractivity contribution is 0.416. The SMILES string of the molecule is [S+]=C(SNC1CCCCC1)N(Cc1ccccc1)Cc1ccccc1. The number of rotatable bonds is 6. The van der Waals surface area contributed by atoms with Gasteiger partial charge < -0.3 is 4.90 Å². The Bertz CT molecular complexity index is 598. The summed E-state index contributed by atoms with van der Waals surface area (Å²) in [5.41, 5.74) is 2.58. The van der Waals surface area contributed by atoms with Crippen molar-refractivity contribution in [2.75, 3.05) is 0 Å². The van der Waals surface area contributed by atoms with E-state index in [4.69, 9.17) is 12.2 Å². The van der Waals surface area contributed by atoms with Gasteiger partial charge in [-0.1, -0.05) is 79.9 Å². The third-order valence-corrected chi connectivity index (χ3v) is 6.00. The van der Waals surface area contributed by atoms with Crippen molar-refractivity contribution in [2.45, 2.75) is 51.2 Å². The number of hydrogen-bond acceptors (Lipinski definition) is 3. The maximum absolute atomic E-state index is 5.77. The molecule has 0 heterocycles. The van der Waals surface area contributed by atoms with Crippen LogP contribution in [0.1, 0.15) is 43.2 Å². The van der Waals surface area contributed by atoms with Gasteiger partial charge in [-0.25, -0.2) is 0 Å². The van der Waals surface area contributed by atoms with Crippen molar-refractivity contribution in [3.63, 3.8) is 0 Å². The van der Waals surface area contributed by atoms with Crippen molar-refractivity contribution in [2.24, 2.45) is 0 Å². The van der Waals surface area contributed by atoms with E-state index in [1.165, 1.54) is 43.2 Å². The van der Waals surface area contributed by atoms with E-state index in [0.29, 0.717) is 6.04 Å². The van der Waals surface area contributed by atoms with Gasteiger partial charge in [-0.3, -0.25) is 4.72 Å². The van der Waals surface area contributed by atoms with Crippen LogP contribution in [0.5, 0.6) is 0 Å². The molecule has 0 spiro atoms. The number of nitrogens with one attached hydrogen (secondary N) is 1. The van der Waals surface area contributed by atoms with E-state index < -0.39 is 0 Å². The van der Waals surface area contributed by atoms with Gasteiger partial charge in [-0.2, -0.15) is 0 Å². The van der Waals surface area contributed by atoms with E-state index in [-0.39, 0.29) is 0 Å². The van der Waals surface area contributed by atoms with Crippen LogP contribution in [0.3, 0.4) is 0 Å². The maximum atomic E-state index is 5.77. The standard InChI is InChI=1S/C21H26N2S2/c24-21(25-22-20-14-8-3-9-15-20)23(16-18-10-4-1-5-11-18)17-19-12-6-2-7-13-19/h1-2,4-7,10-13,20,22H,3,8-9,14-17H2/q+1. The van der Waals surface area contributed by atoms with Crippen LogP contribution >= 0.6 is 11.9 Å². The zero-order valence-electron chi connectivity index (χ0n) is 14.6. The molecule has 3 rings (SSSR count). The summed E-state index contributed by atoms with van der Waals surface area (Å²) in [7, 11) is 0. The monoisotopic (exact) mass is 370 g/mol. The molecule has 1 N–H and O–H groups in total. The van der Waals surface area contributed by atoms with Gasteiger partial charge in [0.2, 0.25) is 0 Å². The maximum Gasteiger partial charge on any atom is 0.565 e. The van der Waals surface area contributed by atoms with Crippen LogP contribution in [0, 0.1) is 0 Å². The molecule has 25 heavy (non-hydrogen) atoms. The molecule has 0 unspecified atom stereocenters. The average molecular weight is 371 g/mol. The molecule has 1 fully saturated rings. The topological polar surface area (TPSA) is 15.3 Å². The highest BCUT2D eigenvalue weighted by molar-refractivity contribution is 8.18. The van der Waals surface area contributed by atoms with Crippen molar-refractivity contribution in [3.05, 3.63) is 71.8 Å². The van der Waals surface area contributed by atoms with Crippen molar-refractivity contribution in [3.8, 4) is 0 Å². The first-order valence-corrected chi connectivity index (χ1v) is 10.3. The number of hydrogen-bond donors (Lipinski definition) is 1. The summed E-state index contributed by atoms with van der Waals surface area (Å²) in [6.45, 7) is 1.68. The van der Waals surface area contributed by atoms with Crippen molar-refractivity contribution in [1.82, 2.24) is 9.62 Å². The fourth-order valence-corrected chi connectivity index (χ4v) is 4.25. The number of thiocarbonyl (C=S) groups is 1. The van der Waals surface area contributed by atoms with E-state index in [0.717, 1.165) is 17.4 Å². The minimum atomic E-state index is 0.604. The molecule has 2 aromatic carbocycles. The second kappa shape index (κ2) is 9.95. The van der Waals surface area contributed by atoms with Crippen molar-refractivity contribution >= 4 is 28.5 Å². The molecule has 2 nitrogen and oxygen atoms in total. The Balaban J connectivity index is 1.62. The van der Waals surface area contributed by atoms with Crippen LogP contribution in [-0.2, 0) is 25.3 Å². The molecule has 4 heteroatoms. The first-order valence-electron chi connectivity index (χ1n) is 9.10. The lowest BCUT2D eigenvalue weighted by atomic mass is 9.96. The molecule has 0 aromatic heterocycles. The Morgan fingerprint density at radius 2 is 1.40 bits per heavy atom. The first kappa shape index (κ1) is 18.4. The summed E-state index contributed by atoms with van der Waals surface area (Å²) < 4.78 is 4.54. The van der Waals surface area contributed by atoms with Crippen molar-refractivity contribution in [1.29, 1.82) is 0 Å². The van der Waals surface area contributed by atoms with E-state index >= 15 is 0 Å². The Hall–Kier alpha value is -1.36. The fourth-order valence-electron chi connectivity index (χ4n) is 3.21. The van der Waals surface area contributed by atoms with Crippen LogP contribution in [-0.4, -0.2) is 15.3 Å². The van der Waals surface area contributed by atoms with E-state index in [9.17, 15) is 0 Å². The third kappa shape index (κ3) is 6.14. The average Bonchev–Trinajstić information content (AvgIpc) is 2.68. The Kier molecular flexibility index (Phi) is 7.34. The predicted octanol–water partition coefficient (Wildman–Crippen LogP) is 4.89. The molecule has 0 atom stereocenters. The quantitative estimate of drug-likeness (QED) is 0.442. The van der Waals surface area contributed by atoms with Gasteiger partial charge in [0.1, 0.15) is 0 Å². The highest BCUT2D eigenvalue weighted by Gasteiger charge is 2.24. The summed E-state index contributed by atoms with van der Waals surface area (Å²) in [6.07, 6.45) is 6.59. The summed E-state index contributed by atoms with van der Waals surface area (Å²) in [6, 6.07) is 21.7. The summed E-state index contributed by atoms with van der Waals surface area (Å²) >= 11 is 7.41. The highest BCUT2D eigenvalue weighted by Crippen LogP contribution is 2.21. The highest BCUT2D eigenvalue weighted by atomic mass is 32.2. The van der Waals surface area contributed by atoms with Crippen LogP contribution in [0.4, 0.5) is 0 Å². The Morgan fingerprint density at radius 1 is 0.880 bits per heavy atom. The van der Waals surface area contributed by atoms with Gasteiger partial charge in [0, 0.05) is 31.1 Å². The number of benzene rings is 2. The lowest BCUT2D eigenvalue weighted by Gasteiger charge is -2.23. The molecule has 1 saturated carbocycles. The van der Waals surface area contributed by atoms with E-state index in [1.807, 2.05) is 0 Å². The fraction of sp³-hybridized carbons (Fsp3) is 0.381. The largest absolute Gasteiger partial charge is 0.565 e. The summed E-state index contributed by atoms with van der Waals surface area (Å²) in [5, 5.41) is 0. The van der Waals surface area contributed by atoms with E-state index in [2.05, 4.69) is 70.3 Å². The molecule has 2 aromatic rings. The molecule has 131 valence electrons. The van der Waals surface area contributed by atoms with Gasteiger partial charge in [0.05, 0.1) is 0 Å². The van der Waals surface area contributed by atoms with Crippen LogP contribution in [0.2, 0.25) is 0 Å². The molecular weight excluding hydrogens is 344 g/mol. The normalized spacial score (nSPS) is 15.0. The molecule has 1 radical (unpaired) electrons. The minimum absolute atomic E-state index is 0.604. The van der Waals surface area contributed by atoms with Gasteiger partial charge in [-0.05, 0) is 24.0 Å². The first-order chi connectivity index (χ1) is 12.3. The summed E-state index contributed by atoms with van der Waals surface area (Å²) in [5.74, 6) is 0. The molecule has 1 aliphatic carbocycles. The Labute approximate surface area is 161 Å². The molecule has 1 aliphatic rings. The van der Waals surface area contributed by atoms with Gasteiger partial charge in [0.15, 0.2) is 0 Å². The third-order valence-electron chi connectivity index (χ3n) is 4.61. The van der Waals surface area contributed by atoms with E-state index in [1.54, 1.807) is 11.9 Å². The molecule has 0 bridgehead atoms. The van der Waals surface area contributed by atoms with Gasteiger partial charge >= 0.3 is 16.5 Å². The Morgan fingerprint density at radius 3 is 1.92 bits per heavy atom. The molecule has 0 aliphatic heterocycles. The number of nitrogens with zero attached hydrogens (tertiary/aromatic N) is 1. The minimum Gasteiger partial charge on any atom is -0.304 e. The molecule has 0 amide bonds. The predicted molar refractivity (Wildman–Crippen MR) is 112 cm³/mol. The van der Waals surface area contributed by atoms with Crippen LogP contribution in [0.15, 0.2) is 60.7 Å². The van der Waals surface area contributed by atoms with Gasteiger partial charge in [0.25, 0.3) is 0 Å². The zero-order valence-corrected chi connectivity index (χ0v) is 16.2. The zero-order chi connectivity index (χ0) is 17.3. The van der Waals surface area contributed by atoms with Gasteiger partial charge in [-0.15, -0.1) is 0 Å². The molecular formula is C21H26N2S2+. The second-order valence-corrected chi connectivity index (χ2v) is 8.12. The smallest absolute Gasteiger partial charge is 0.304 e. The second-order valence-electron chi connectivity index (χ2n) is 6.65. The van der Waals surface area contributed by atoms with Crippen LogP contribution in [0.25, 0.3) is 0 Å². The molecule has 0 saturated heterocycles. The van der Waals surface area contributed by atoms with Crippen LogP contribution < -0.4 is 4.72 Å².